The van der Waals surface area contributed by atoms with Gasteiger partial charge in [-0.25, -0.2) is 0 Å². The van der Waals surface area contributed by atoms with E-state index in [1.807, 2.05) is 6.07 Å². The maximum atomic E-state index is 11.9. The zero-order chi connectivity index (χ0) is 19.6. The molecule has 0 aliphatic heterocycles. The van der Waals surface area contributed by atoms with Gasteiger partial charge in [0, 0.05) is 23.0 Å². The van der Waals surface area contributed by atoms with E-state index in [1.165, 1.54) is 12.3 Å². The standard InChI is InChI=1S/C18H13ClN4O3S/c19-15-6-11(9-27(25)26)5-13-16(14(18(21)24)8-22-17(13)15)23-12-3-1-2-10(4-12)7-20/h1-6,8H,9H2,(H2,21,24)(H,22,23)(H,25,26)/p-1. The van der Waals surface area contributed by atoms with Crippen molar-refractivity contribution in [3.05, 3.63) is 64.3 Å². The predicted molar refractivity (Wildman–Crippen MR) is 102 cm³/mol. The van der Waals surface area contributed by atoms with Gasteiger partial charge in [0.25, 0.3) is 5.91 Å². The minimum Gasteiger partial charge on any atom is -0.772 e. The number of benzene rings is 2. The summed E-state index contributed by atoms with van der Waals surface area (Å²) in [5.74, 6) is -0.947. The number of carbonyl (C=O) groups excluding carboxylic acids is 1. The summed E-state index contributed by atoms with van der Waals surface area (Å²) in [7, 11) is 0. The van der Waals surface area contributed by atoms with E-state index in [9.17, 15) is 13.6 Å². The summed E-state index contributed by atoms with van der Waals surface area (Å²) in [6, 6.07) is 11.8. The number of hydrogen-bond acceptors (Lipinski definition) is 6. The van der Waals surface area contributed by atoms with Crippen molar-refractivity contribution in [2.45, 2.75) is 5.75 Å². The molecule has 1 unspecified atom stereocenters. The second-order valence-corrected chi connectivity index (χ2v) is 6.95. The maximum absolute atomic E-state index is 11.9. The third-order valence-electron chi connectivity index (χ3n) is 3.80. The van der Waals surface area contributed by atoms with Gasteiger partial charge >= 0.3 is 0 Å². The minimum atomic E-state index is -2.31. The second-order valence-electron chi connectivity index (χ2n) is 5.65. The number of rotatable bonds is 5. The lowest BCUT2D eigenvalue weighted by Gasteiger charge is -2.15. The molecule has 1 heterocycles. The fourth-order valence-corrected chi connectivity index (χ4v) is 3.40. The lowest BCUT2D eigenvalue weighted by atomic mass is 10.1. The van der Waals surface area contributed by atoms with Gasteiger partial charge in [-0.05, 0) is 35.9 Å². The molecule has 0 fully saturated rings. The molecule has 1 atom stereocenters. The highest BCUT2D eigenvalue weighted by Gasteiger charge is 2.16. The number of hydrogen-bond donors (Lipinski definition) is 2. The van der Waals surface area contributed by atoms with E-state index < -0.39 is 17.0 Å². The molecule has 0 bridgehead atoms. The van der Waals surface area contributed by atoms with E-state index >= 15 is 0 Å². The SMILES string of the molecule is N#Cc1cccc(Nc2c(C(N)=O)cnc3c(Cl)cc(CS(=O)[O-])cc23)c1. The van der Waals surface area contributed by atoms with Crippen molar-refractivity contribution < 1.29 is 13.6 Å². The molecule has 1 aromatic heterocycles. The van der Waals surface area contributed by atoms with E-state index in [1.54, 1.807) is 30.3 Å². The Morgan fingerprint density at radius 1 is 1.37 bits per heavy atom. The van der Waals surface area contributed by atoms with Gasteiger partial charge in [-0.2, -0.15) is 5.26 Å². The van der Waals surface area contributed by atoms with Crippen molar-refractivity contribution in [3.63, 3.8) is 0 Å². The van der Waals surface area contributed by atoms with Gasteiger partial charge in [0.2, 0.25) is 0 Å². The molecule has 0 spiro atoms. The van der Waals surface area contributed by atoms with E-state index in [0.29, 0.717) is 33.4 Å². The minimum absolute atomic E-state index is 0.112. The van der Waals surface area contributed by atoms with Crippen molar-refractivity contribution >= 4 is 50.9 Å². The van der Waals surface area contributed by atoms with Crippen LogP contribution in [0.1, 0.15) is 21.5 Å². The predicted octanol–water partition coefficient (Wildman–Crippen LogP) is 2.98. The van der Waals surface area contributed by atoms with Crippen LogP contribution in [-0.2, 0) is 16.8 Å². The highest BCUT2D eigenvalue weighted by molar-refractivity contribution is 7.78. The smallest absolute Gasteiger partial charge is 0.252 e. The van der Waals surface area contributed by atoms with Crippen LogP contribution in [0.25, 0.3) is 10.9 Å². The molecule has 0 saturated carbocycles. The fraction of sp³-hybridized carbons (Fsp3) is 0.0556. The van der Waals surface area contributed by atoms with Gasteiger partial charge in [-0.15, -0.1) is 0 Å². The third-order valence-corrected chi connectivity index (χ3v) is 4.65. The summed E-state index contributed by atoms with van der Waals surface area (Å²) in [5, 5.41) is 12.8. The van der Waals surface area contributed by atoms with Crippen molar-refractivity contribution in [2.24, 2.45) is 5.73 Å². The number of nitriles is 1. The number of nitrogens with one attached hydrogen (secondary N) is 1. The maximum Gasteiger partial charge on any atom is 0.252 e. The monoisotopic (exact) mass is 399 g/mol. The summed E-state index contributed by atoms with van der Waals surface area (Å²) in [6.45, 7) is 0. The Labute approximate surface area is 162 Å². The number of fused-ring (bicyclic) bond motifs is 1. The number of nitrogens with zero attached hydrogens (tertiary/aromatic N) is 2. The number of halogens is 1. The van der Waals surface area contributed by atoms with Crippen LogP contribution in [0.3, 0.4) is 0 Å². The first-order valence-corrected chi connectivity index (χ1v) is 9.25. The molecule has 7 nitrogen and oxygen atoms in total. The fourth-order valence-electron chi connectivity index (χ4n) is 2.67. The molecule has 3 aromatic rings. The number of primary amides is 1. The molecule has 0 saturated heterocycles. The van der Waals surface area contributed by atoms with Crippen LogP contribution in [0.5, 0.6) is 0 Å². The van der Waals surface area contributed by atoms with Crippen LogP contribution in [0.15, 0.2) is 42.6 Å². The summed E-state index contributed by atoms with van der Waals surface area (Å²) in [4.78, 5) is 16.1. The zero-order valence-electron chi connectivity index (χ0n) is 13.7. The molecule has 3 N–H and O–H groups in total. The van der Waals surface area contributed by atoms with Crippen molar-refractivity contribution in [3.8, 4) is 6.07 Å². The molecule has 1 amide bonds. The largest absolute Gasteiger partial charge is 0.772 e. The van der Waals surface area contributed by atoms with Crippen LogP contribution < -0.4 is 11.1 Å². The highest BCUT2D eigenvalue weighted by Crippen LogP contribution is 2.34. The van der Waals surface area contributed by atoms with Crippen LogP contribution in [0.2, 0.25) is 5.02 Å². The Bertz CT molecular complexity index is 1130. The summed E-state index contributed by atoms with van der Waals surface area (Å²) >= 11 is 3.94. The average Bonchev–Trinajstić information content (AvgIpc) is 2.61. The van der Waals surface area contributed by atoms with Crippen LogP contribution >= 0.6 is 11.6 Å². The van der Waals surface area contributed by atoms with E-state index in [4.69, 9.17) is 22.6 Å². The molecule has 0 radical (unpaired) electrons. The molecule has 27 heavy (non-hydrogen) atoms. The number of anilines is 2. The average molecular weight is 400 g/mol. The first kappa shape index (κ1) is 18.8. The number of nitrogens with two attached hydrogens (primary N) is 1. The molecular weight excluding hydrogens is 388 g/mol. The number of carbonyl (C=O) groups is 1. The lowest BCUT2D eigenvalue weighted by Crippen LogP contribution is -2.14. The van der Waals surface area contributed by atoms with Crippen molar-refractivity contribution in [1.82, 2.24) is 4.98 Å². The van der Waals surface area contributed by atoms with Gasteiger partial charge in [0.1, 0.15) is 0 Å². The number of aromatic nitrogens is 1. The van der Waals surface area contributed by atoms with Gasteiger partial charge in [0.05, 0.1) is 33.4 Å². The molecule has 136 valence electrons. The van der Waals surface area contributed by atoms with E-state index in [-0.39, 0.29) is 16.3 Å². The Kier molecular flexibility index (Phi) is 5.37. The first-order chi connectivity index (χ1) is 12.9. The van der Waals surface area contributed by atoms with Gasteiger partial charge in [-0.1, -0.05) is 28.7 Å². The van der Waals surface area contributed by atoms with Crippen LogP contribution in [0.4, 0.5) is 11.4 Å². The Hall–Kier alpha value is -2.99. The van der Waals surface area contributed by atoms with E-state index in [2.05, 4.69) is 10.3 Å². The molecular formula is C18H12ClN4O3S-. The summed E-state index contributed by atoms with van der Waals surface area (Å²) in [5.41, 5.74) is 7.73. The van der Waals surface area contributed by atoms with E-state index in [0.717, 1.165) is 0 Å². The topological polar surface area (TPSA) is 132 Å². The molecule has 2 aromatic carbocycles. The summed E-state index contributed by atoms with van der Waals surface area (Å²) < 4.78 is 22.1. The first-order valence-electron chi connectivity index (χ1n) is 7.63. The summed E-state index contributed by atoms with van der Waals surface area (Å²) in [6.07, 6.45) is 1.30. The lowest BCUT2D eigenvalue weighted by molar-refractivity contribution is 0.100. The normalized spacial score (nSPS) is 11.7. The second kappa shape index (κ2) is 7.72. The Balaban J connectivity index is 2.24. The Morgan fingerprint density at radius 2 is 2.15 bits per heavy atom. The van der Waals surface area contributed by atoms with Crippen LogP contribution in [-0.4, -0.2) is 19.7 Å². The molecule has 3 rings (SSSR count). The van der Waals surface area contributed by atoms with Gasteiger partial charge in [-0.3, -0.25) is 14.0 Å². The molecule has 0 aliphatic rings. The van der Waals surface area contributed by atoms with Gasteiger partial charge < -0.3 is 15.6 Å². The zero-order valence-corrected chi connectivity index (χ0v) is 15.3. The van der Waals surface area contributed by atoms with Crippen LogP contribution in [0, 0.1) is 11.3 Å². The van der Waals surface area contributed by atoms with Gasteiger partial charge in [0.15, 0.2) is 0 Å². The third kappa shape index (κ3) is 4.06. The molecule has 0 aliphatic carbocycles. The Morgan fingerprint density at radius 3 is 2.81 bits per heavy atom. The van der Waals surface area contributed by atoms with Crippen molar-refractivity contribution in [2.75, 3.05) is 5.32 Å². The number of pyridine rings is 1. The molecule has 9 heteroatoms. The number of amides is 1. The quantitative estimate of drug-likeness (QED) is 0.634. The van der Waals surface area contributed by atoms with Crippen molar-refractivity contribution in [1.29, 1.82) is 5.26 Å². The highest BCUT2D eigenvalue weighted by atomic mass is 35.5.